The number of nitro groups is 1. The summed E-state index contributed by atoms with van der Waals surface area (Å²) >= 11 is 0. The van der Waals surface area contributed by atoms with Gasteiger partial charge in [0.05, 0.1) is 11.0 Å². The zero-order valence-corrected chi connectivity index (χ0v) is 22.0. The van der Waals surface area contributed by atoms with Gasteiger partial charge in [0.25, 0.3) is 5.69 Å². The predicted molar refractivity (Wildman–Crippen MR) is 143 cm³/mol. The number of carbonyl (C=O) groups is 3. The largest absolute Gasteiger partial charge is 0.343 e. The lowest BCUT2D eigenvalue weighted by Gasteiger charge is -2.41. The van der Waals surface area contributed by atoms with Crippen molar-refractivity contribution in [2.24, 2.45) is 11.5 Å². The lowest BCUT2D eigenvalue weighted by Crippen LogP contribution is -2.59. The number of unbranched alkanes of at least 4 members (excludes halogenated alkanes) is 1. The smallest absolute Gasteiger partial charge is 0.269 e. The number of non-ortho nitro benzene ring substituents is 1. The van der Waals surface area contributed by atoms with E-state index in [1.54, 1.807) is 11.8 Å². The summed E-state index contributed by atoms with van der Waals surface area (Å²) in [6.45, 7) is 4.03. The van der Waals surface area contributed by atoms with Gasteiger partial charge in [0.1, 0.15) is 12.1 Å². The Balaban J connectivity index is 2.31. The molecule has 1 saturated carbocycles. The number of nitrogens with one attached hydrogen (secondary N) is 2. The highest BCUT2D eigenvalue weighted by Gasteiger charge is 2.38. The molecule has 1 fully saturated rings. The first-order valence-corrected chi connectivity index (χ1v) is 13.3. The summed E-state index contributed by atoms with van der Waals surface area (Å²) in [6, 6.07) is 3.13. The van der Waals surface area contributed by atoms with Gasteiger partial charge in [0.15, 0.2) is 0 Å². The van der Waals surface area contributed by atoms with Gasteiger partial charge in [0, 0.05) is 23.9 Å². The van der Waals surface area contributed by atoms with E-state index in [0.29, 0.717) is 37.9 Å². The maximum Gasteiger partial charge on any atom is 0.269 e. The first-order valence-electron chi connectivity index (χ1n) is 13.3. The molecule has 1 aromatic rings. The minimum Gasteiger partial charge on any atom is -0.343 e. The minimum atomic E-state index is -0.846. The number of carbonyl (C=O) groups excluding carboxylic acids is 3. The summed E-state index contributed by atoms with van der Waals surface area (Å²) in [5.74, 6) is -1.08. The maximum absolute atomic E-state index is 13.8. The molecule has 0 saturated heterocycles. The summed E-state index contributed by atoms with van der Waals surface area (Å²) < 4.78 is 0. The topological polar surface area (TPSA) is 174 Å². The van der Waals surface area contributed by atoms with Gasteiger partial charge < -0.3 is 27.0 Å². The third-order valence-electron chi connectivity index (χ3n) is 6.80. The fourth-order valence-electron chi connectivity index (χ4n) is 4.77. The first-order chi connectivity index (χ1) is 17.7. The molecule has 3 atom stereocenters. The Bertz CT molecular complexity index is 903. The molecule has 0 heterocycles. The number of rotatable bonds is 14. The summed E-state index contributed by atoms with van der Waals surface area (Å²) in [6.07, 6.45) is 7.55. The highest BCUT2D eigenvalue weighted by atomic mass is 16.6. The highest BCUT2D eigenvalue weighted by Crippen LogP contribution is 2.27. The van der Waals surface area contributed by atoms with Crippen LogP contribution in [0.15, 0.2) is 24.3 Å². The van der Waals surface area contributed by atoms with Crippen molar-refractivity contribution in [2.45, 2.75) is 102 Å². The van der Waals surface area contributed by atoms with E-state index in [1.807, 2.05) is 6.92 Å². The standard InChI is InChI=1S/C26H42N6O5/c1-3-9-22(28)24(33)29-18(2)26(35)31(20-10-5-4-6-11-20)23(12-7-8-17-27)25(34)30-19-13-15-21(16-14-19)32(36)37/h13-16,18,20,22-23H,3-12,17,27-28H2,1-2H3,(H,29,33)(H,30,34)/t18-,22+,23-/m0/s1. The summed E-state index contributed by atoms with van der Waals surface area (Å²) in [4.78, 5) is 52.0. The number of nitrogens with zero attached hydrogens (tertiary/aromatic N) is 2. The van der Waals surface area contributed by atoms with Crippen LogP contribution < -0.4 is 22.1 Å². The maximum atomic E-state index is 13.8. The van der Waals surface area contributed by atoms with Crippen molar-refractivity contribution in [1.29, 1.82) is 0 Å². The van der Waals surface area contributed by atoms with Gasteiger partial charge in [-0.05, 0) is 64.1 Å². The molecule has 206 valence electrons. The van der Waals surface area contributed by atoms with Gasteiger partial charge in [0.2, 0.25) is 17.7 Å². The van der Waals surface area contributed by atoms with Gasteiger partial charge in [-0.2, -0.15) is 0 Å². The average molecular weight is 519 g/mol. The van der Waals surface area contributed by atoms with Crippen molar-refractivity contribution in [3.63, 3.8) is 0 Å². The van der Waals surface area contributed by atoms with E-state index < -0.39 is 23.0 Å². The van der Waals surface area contributed by atoms with Crippen molar-refractivity contribution in [2.75, 3.05) is 11.9 Å². The second-order valence-corrected chi connectivity index (χ2v) is 9.76. The van der Waals surface area contributed by atoms with Crippen molar-refractivity contribution in [3.8, 4) is 0 Å². The van der Waals surface area contributed by atoms with E-state index in [0.717, 1.165) is 38.5 Å². The Hall–Kier alpha value is -3.05. The number of anilines is 1. The molecule has 11 nitrogen and oxygen atoms in total. The summed E-state index contributed by atoms with van der Waals surface area (Å²) in [5.41, 5.74) is 12.0. The Morgan fingerprint density at radius 2 is 1.73 bits per heavy atom. The fourth-order valence-corrected chi connectivity index (χ4v) is 4.77. The molecule has 11 heteroatoms. The van der Waals surface area contributed by atoms with Crippen LogP contribution >= 0.6 is 0 Å². The Morgan fingerprint density at radius 3 is 2.30 bits per heavy atom. The molecule has 3 amide bonds. The SMILES string of the molecule is CCC[C@@H](N)C(=O)N[C@@H](C)C(=O)N(C1CCCCC1)[C@@H](CCCCN)C(=O)Nc1ccc([N+](=O)[O-])cc1. The first kappa shape index (κ1) is 30.2. The Kier molecular flexibility index (Phi) is 12.4. The molecule has 37 heavy (non-hydrogen) atoms. The van der Waals surface area contributed by atoms with E-state index in [2.05, 4.69) is 10.6 Å². The Labute approximate surface area is 218 Å². The van der Waals surface area contributed by atoms with E-state index in [4.69, 9.17) is 11.5 Å². The van der Waals surface area contributed by atoms with Gasteiger partial charge >= 0.3 is 0 Å². The van der Waals surface area contributed by atoms with E-state index in [9.17, 15) is 24.5 Å². The third-order valence-corrected chi connectivity index (χ3v) is 6.80. The lowest BCUT2D eigenvalue weighted by atomic mass is 9.91. The molecule has 6 N–H and O–H groups in total. The van der Waals surface area contributed by atoms with Crippen molar-refractivity contribution in [1.82, 2.24) is 10.2 Å². The summed E-state index contributed by atoms with van der Waals surface area (Å²) in [5, 5.41) is 16.5. The van der Waals surface area contributed by atoms with Crippen LogP contribution in [-0.2, 0) is 14.4 Å². The molecule has 0 radical (unpaired) electrons. The molecule has 0 unspecified atom stereocenters. The fraction of sp³-hybridized carbons (Fsp3) is 0.654. The van der Waals surface area contributed by atoms with Crippen LogP contribution in [-0.4, -0.2) is 58.3 Å². The van der Waals surface area contributed by atoms with Crippen LogP contribution in [0, 0.1) is 10.1 Å². The normalized spacial score (nSPS) is 16.3. The molecule has 1 aliphatic carbocycles. The minimum absolute atomic E-state index is 0.0812. The van der Waals surface area contributed by atoms with Crippen molar-refractivity contribution < 1.29 is 19.3 Å². The molecular formula is C26H42N6O5. The van der Waals surface area contributed by atoms with E-state index in [-0.39, 0.29) is 29.5 Å². The zero-order valence-electron chi connectivity index (χ0n) is 22.0. The van der Waals surface area contributed by atoms with Gasteiger partial charge in [-0.25, -0.2) is 0 Å². The number of benzene rings is 1. The second-order valence-electron chi connectivity index (χ2n) is 9.76. The van der Waals surface area contributed by atoms with Gasteiger partial charge in [-0.1, -0.05) is 32.6 Å². The van der Waals surface area contributed by atoms with Crippen LogP contribution in [0.25, 0.3) is 0 Å². The third kappa shape index (κ3) is 9.08. The molecule has 2 rings (SSSR count). The predicted octanol–water partition coefficient (Wildman–Crippen LogP) is 2.82. The summed E-state index contributed by atoms with van der Waals surface area (Å²) in [7, 11) is 0. The number of hydrogen-bond donors (Lipinski definition) is 4. The van der Waals surface area contributed by atoms with Crippen LogP contribution in [0.1, 0.15) is 78.1 Å². The number of nitro benzene ring substituents is 1. The molecule has 0 spiro atoms. The molecule has 1 aliphatic rings. The van der Waals surface area contributed by atoms with Crippen molar-refractivity contribution in [3.05, 3.63) is 34.4 Å². The van der Waals surface area contributed by atoms with Crippen LogP contribution in [0.4, 0.5) is 11.4 Å². The number of nitrogens with two attached hydrogens (primary N) is 2. The van der Waals surface area contributed by atoms with Gasteiger partial charge in [-0.3, -0.25) is 24.5 Å². The number of amides is 3. The van der Waals surface area contributed by atoms with Crippen LogP contribution in [0.2, 0.25) is 0 Å². The lowest BCUT2D eigenvalue weighted by molar-refractivity contribution is -0.384. The highest BCUT2D eigenvalue weighted by molar-refractivity contribution is 5.98. The van der Waals surface area contributed by atoms with Crippen molar-refractivity contribution >= 4 is 29.1 Å². The second kappa shape index (κ2) is 15.3. The van der Waals surface area contributed by atoms with Crippen LogP contribution in [0.3, 0.4) is 0 Å². The molecule has 0 aliphatic heterocycles. The Morgan fingerprint density at radius 1 is 1.08 bits per heavy atom. The van der Waals surface area contributed by atoms with Gasteiger partial charge in [-0.15, -0.1) is 0 Å². The van der Waals surface area contributed by atoms with E-state index >= 15 is 0 Å². The quantitative estimate of drug-likeness (QED) is 0.166. The number of hydrogen-bond acceptors (Lipinski definition) is 7. The monoisotopic (exact) mass is 518 g/mol. The zero-order chi connectivity index (χ0) is 27.4. The average Bonchev–Trinajstić information content (AvgIpc) is 2.88. The molecule has 1 aromatic carbocycles. The molecule has 0 aromatic heterocycles. The van der Waals surface area contributed by atoms with E-state index in [1.165, 1.54) is 24.3 Å². The molecule has 0 bridgehead atoms. The van der Waals surface area contributed by atoms with Crippen LogP contribution in [0.5, 0.6) is 0 Å². The molecular weight excluding hydrogens is 476 g/mol.